The van der Waals surface area contributed by atoms with Crippen LogP contribution in [0.15, 0.2) is 42.9 Å². The molecule has 1 aliphatic rings. The molecule has 28 heavy (non-hydrogen) atoms. The Balaban J connectivity index is 1.43. The van der Waals surface area contributed by atoms with Crippen molar-refractivity contribution in [3.8, 4) is 11.1 Å². The van der Waals surface area contributed by atoms with Gasteiger partial charge in [0.2, 0.25) is 5.91 Å². The predicted molar refractivity (Wildman–Crippen MR) is 112 cm³/mol. The maximum Gasteiger partial charge on any atom is 0.228 e. The van der Waals surface area contributed by atoms with Gasteiger partial charge in [-0.25, -0.2) is 4.98 Å². The largest absolute Gasteiger partial charge is 0.310 e. The normalized spacial score (nSPS) is 23.9. The number of carbonyl (C=O) groups is 1. The molecule has 1 saturated carbocycles. The SMILES string of the molecule is [2H]C([2H])([2H])N(C1CCC(C(=O)Nc2cc3cc(-c4cnn(C)c4)ccc3cn2)CC1)C([2H])([2H])[2H]. The number of benzene rings is 1. The monoisotopic (exact) mass is 383 g/mol. The summed E-state index contributed by atoms with van der Waals surface area (Å²) in [7, 11) is 1.86. The molecule has 6 heteroatoms. The Labute approximate surface area is 174 Å². The van der Waals surface area contributed by atoms with Gasteiger partial charge in [-0.1, -0.05) is 12.1 Å². The van der Waals surface area contributed by atoms with Crippen LogP contribution in [0.25, 0.3) is 21.9 Å². The highest BCUT2D eigenvalue weighted by Gasteiger charge is 2.27. The van der Waals surface area contributed by atoms with Gasteiger partial charge in [0.15, 0.2) is 0 Å². The molecule has 6 nitrogen and oxygen atoms in total. The van der Waals surface area contributed by atoms with Crippen LogP contribution in [0, 0.1) is 5.92 Å². The molecule has 4 rings (SSSR count). The second kappa shape index (κ2) is 7.72. The standard InChI is InChI=1S/C22H27N5O/c1-26(2)20-8-6-15(7-9-20)22(28)25-21-11-18-10-16(4-5-17(18)12-23-21)19-13-24-27(3)14-19/h4-5,10-15,20H,6-9H2,1-3H3,(H,23,25,28)/i1D3,2D3. The smallest absolute Gasteiger partial charge is 0.228 e. The maximum absolute atomic E-state index is 12.9. The van der Waals surface area contributed by atoms with Gasteiger partial charge in [-0.2, -0.15) is 5.10 Å². The van der Waals surface area contributed by atoms with Gasteiger partial charge in [0.05, 0.1) is 6.20 Å². The zero-order valence-electron chi connectivity index (χ0n) is 21.7. The second-order valence-electron chi connectivity index (χ2n) is 7.40. The van der Waals surface area contributed by atoms with Gasteiger partial charge in [0, 0.05) is 50.6 Å². The number of nitrogens with zero attached hydrogens (tertiary/aromatic N) is 4. The van der Waals surface area contributed by atoms with Gasteiger partial charge in [0.1, 0.15) is 5.82 Å². The van der Waals surface area contributed by atoms with Crippen molar-refractivity contribution in [2.45, 2.75) is 31.7 Å². The van der Waals surface area contributed by atoms with E-state index in [-0.39, 0.29) is 11.8 Å². The van der Waals surface area contributed by atoms with Crippen LogP contribution >= 0.6 is 0 Å². The Hall–Kier alpha value is -2.73. The lowest BCUT2D eigenvalue weighted by atomic mass is 9.85. The highest BCUT2D eigenvalue weighted by molar-refractivity contribution is 5.95. The average Bonchev–Trinajstić information content (AvgIpc) is 3.18. The average molecular weight is 384 g/mol. The minimum Gasteiger partial charge on any atom is -0.310 e. The van der Waals surface area contributed by atoms with Gasteiger partial charge in [0.25, 0.3) is 0 Å². The van der Waals surface area contributed by atoms with E-state index in [1.165, 1.54) is 0 Å². The Kier molecular flexibility index (Phi) is 3.49. The van der Waals surface area contributed by atoms with Crippen molar-refractivity contribution in [2.24, 2.45) is 13.0 Å². The van der Waals surface area contributed by atoms with Crippen molar-refractivity contribution >= 4 is 22.5 Å². The van der Waals surface area contributed by atoms with Crippen LogP contribution in [-0.4, -0.2) is 45.6 Å². The third-order valence-corrected chi connectivity index (χ3v) is 5.44. The quantitative estimate of drug-likeness (QED) is 0.746. The number of fused-ring (bicyclic) bond motifs is 1. The van der Waals surface area contributed by atoms with Crippen molar-refractivity contribution in [2.75, 3.05) is 19.3 Å². The zero-order valence-corrected chi connectivity index (χ0v) is 15.7. The second-order valence-corrected chi connectivity index (χ2v) is 7.40. The fourth-order valence-corrected chi connectivity index (χ4v) is 3.78. The van der Waals surface area contributed by atoms with Crippen LogP contribution in [0.4, 0.5) is 5.82 Å². The molecule has 146 valence electrons. The Morgan fingerprint density at radius 3 is 2.68 bits per heavy atom. The predicted octanol–water partition coefficient (Wildman–Crippen LogP) is 3.69. The summed E-state index contributed by atoms with van der Waals surface area (Å²) in [4.78, 5) is 17.9. The molecule has 2 heterocycles. The number of amides is 1. The van der Waals surface area contributed by atoms with E-state index < -0.39 is 20.0 Å². The van der Waals surface area contributed by atoms with E-state index >= 15 is 0 Å². The third-order valence-electron chi connectivity index (χ3n) is 5.44. The molecular weight excluding hydrogens is 350 g/mol. The Morgan fingerprint density at radius 1 is 1.14 bits per heavy atom. The van der Waals surface area contributed by atoms with Crippen LogP contribution in [-0.2, 0) is 11.8 Å². The number of nitrogens with one attached hydrogen (secondary N) is 1. The fraction of sp³-hybridized carbons (Fsp3) is 0.409. The summed E-state index contributed by atoms with van der Waals surface area (Å²) in [6, 6.07) is 7.20. The highest BCUT2D eigenvalue weighted by atomic mass is 16.1. The Morgan fingerprint density at radius 2 is 1.96 bits per heavy atom. The lowest BCUT2D eigenvalue weighted by Crippen LogP contribution is -2.35. The molecule has 1 aromatic carbocycles. The van der Waals surface area contributed by atoms with Gasteiger partial charge in [-0.3, -0.25) is 9.48 Å². The minimum atomic E-state index is -2.71. The summed E-state index contributed by atoms with van der Waals surface area (Å²) in [6.07, 6.45) is 6.92. The molecule has 1 N–H and O–H groups in total. The lowest BCUT2D eigenvalue weighted by molar-refractivity contribution is -0.121. The molecule has 2 aromatic heterocycles. The molecule has 0 radical (unpaired) electrons. The number of hydrogen-bond donors (Lipinski definition) is 1. The molecule has 1 fully saturated rings. The molecule has 0 aliphatic heterocycles. The zero-order chi connectivity index (χ0) is 24.7. The number of rotatable bonds is 4. The van der Waals surface area contributed by atoms with E-state index in [2.05, 4.69) is 15.4 Å². The number of anilines is 1. The molecule has 1 amide bonds. The first-order valence-corrected chi connectivity index (χ1v) is 9.41. The number of carbonyl (C=O) groups excluding carboxylic acids is 1. The number of pyridine rings is 1. The highest BCUT2D eigenvalue weighted by Crippen LogP contribution is 2.28. The minimum absolute atomic E-state index is 0.192. The van der Waals surface area contributed by atoms with Crippen molar-refractivity contribution in [3.05, 3.63) is 42.9 Å². The van der Waals surface area contributed by atoms with E-state index in [9.17, 15) is 4.79 Å². The molecule has 1 aliphatic carbocycles. The third kappa shape index (κ3) is 3.92. The molecule has 0 spiro atoms. The first-order valence-electron chi connectivity index (χ1n) is 12.4. The van der Waals surface area contributed by atoms with E-state index in [1.54, 1.807) is 17.1 Å². The Bertz CT molecular complexity index is 1170. The topological polar surface area (TPSA) is 63.1 Å². The summed E-state index contributed by atoms with van der Waals surface area (Å²) in [5.74, 6) is -0.0804. The summed E-state index contributed by atoms with van der Waals surface area (Å²) in [5, 5.41) is 8.95. The first kappa shape index (κ1) is 12.7. The maximum atomic E-state index is 12.9. The van der Waals surface area contributed by atoms with E-state index in [0.29, 0.717) is 36.4 Å². The van der Waals surface area contributed by atoms with Gasteiger partial charge < -0.3 is 10.2 Å². The van der Waals surface area contributed by atoms with E-state index in [0.717, 1.165) is 21.9 Å². The van der Waals surface area contributed by atoms with Gasteiger partial charge >= 0.3 is 0 Å². The number of aryl methyl sites for hydroxylation is 1. The van der Waals surface area contributed by atoms with Crippen molar-refractivity contribution in [1.29, 1.82) is 0 Å². The molecule has 0 saturated heterocycles. The fourth-order valence-electron chi connectivity index (χ4n) is 3.78. The lowest BCUT2D eigenvalue weighted by Gasteiger charge is -2.31. The van der Waals surface area contributed by atoms with E-state index in [4.69, 9.17) is 8.22 Å². The molecule has 0 atom stereocenters. The number of aromatic nitrogens is 3. The van der Waals surface area contributed by atoms with Crippen LogP contribution in [0.2, 0.25) is 0 Å². The van der Waals surface area contributed by atoms with Crippen LogP contribution in [0.1, 0.15) is 33.9 Å². The summed E-state index contributed by atoms with van der Waals surface area (Å²) < 4.78 is 47.4. The number of hydrogen-bond acceptors (Lipinski definition) is 4. The van der Waals surface area contributed by atoms with Crippen molar-refractivity contribution in [1.82, 2.24) is 19.7 Å². The summed E-state index contributed by atoms with van der Waals surface area (Å²) in [5.41, 5.74) is 2.00. The van der Waals surface area contributed by atoms with Crippen molar-refractivity contribution < 1.29 is 13.0 Å². The molecule has 0 unspecified atom stereocenters. The first-order chi connectivity index (χ1) is 15.9. The van der Waals surface area contributed by atoms with E-state index in [1.807, 2.05) is 37.5 Å². The van der Waals surface area contributed by atoms with Crippen LogP contribution in [0.5, 0.6) is 0 Å². The van der Waals surface area contributed by atoms with Gasteiger partial charge in [-0.05, 0) is 62.7 Å². The molecule has 0 bridgehead atoms. The summed E-state index contributed by atoms with van der Waals surface area (Å²) in [6.45, 7) is -5.43. The summed E-state index contributed by atoms with van der Waals surface area (Å²) >= 11 is 0. The molecular formula is C22H27N5O. The van der Waals surface area contributed by atoms with Crippen LogP contribution < -0.4 is 5.32 Å². The molecule has 3 aromatic rings. The van der Waals surface area contributed by atoms with Crippen molar-refractivity contribution in [3.63, 3.8) is 0 Å². The van der Waals surface area contributed by atoms with Gasteiger partial charge in [-0.15, -0.1) is 0 Å². The van der Waals surface area contributed by atoms with Crippen LogP contribution in [0.3, 0.4) is 0 Å².